The fraction of sp³-hybridized carbons (Fsp3) is 0.125. The van der Waals surface area contributed by atoms with Crippen LogP contribution >= 0.6 is 0 Å². The highest BCUT2D eigenvalue weighted by molar-refractivity contribution is 5.97. The van der Waals surface area contributed by atoms with E-state index in [2.05, 4.69) is 10.5 Å². The minimum atomic E-state index is -0.300. The number of ether oxygens (including phenoxy) is 1. The molecule has 0 aliphatic rings. The molecule has 0 saturated heterocycles. The van der Waals surface area contributed by atoms with Gasteiger partial charge < -0.3 is 4.74 Å². The highest BCUT2D eigenvalue weighted by Crippen LogP contribution is 2.16. The normalized spacial score (nSPS) is 10.5. The van der Waals surface area contributed by atoms with Crippen molar-refractivity contribution in [2.75, 3.05) is 7.11 Å². The number of hydrogen-bond acceptors (Lipinski definition) is 3. The molecule has 4 nitrogen and oxygen atoms in total. The van der Waals surface area contributed by atoms with Gasteiger partial charge in [0.05, 0.1) is 18.9 Å². The first-order valence-corrected chi connectivity index (χ1v) is 6.24. The number of para-hydroxylation sites is 1. The maximum atomic E-state index is 12.0. The highest BCUT2D eigenvalue weighted by Gasteiger charge is 2.09. The highest BCUT2D eigenvalue weighted by atomic mass is 16.5. The molecule has 0 aliphatic carbocycles. The number of nitrogens with zero attached hydrogens (tertiary/aromatic N) is 1. The number of benzene rings is 2. The van der Waals surface area contributed by atoms with Crippen molar-refractivity contribution in [3.05, 3.63) is 65.2 Å². The van der Waals surface area contributed by atoms with Gasteiger partial charge in [-0.2, -0.15) is 5.10 Å². The monoisotopic (exact) mass is 268 g/mol. The van der Waals surface area contributed by atoms with Gasteiger partial charge in [0.15, 0.2) is 0 Å². The van der Waals surface area contributed by atoms with Crippen molar-refractivity contribution in [3.8, 4) is 5.75 Å². The zero-order chi connectivity index (χ0) is 14.4. The van der Waals surface area contributed by atoms with E-state index in [0.717, 1.165) is 5.56 Å². The minimum Gasteiger partial charge on any atom is -0.496 e. The van der Waals surface area contributed by atoms with Crippen molar-refractivity contribution in [2.24, 2.45) is 5.10 Å². The van der Waals surface area contributed by atoms with Gasteiger partial charge in [-0.25, -0.2) is 5.43 Å². The third kappa shape index (κ3) is 3.45. The molecule has 1 amide bonds. The Balaban J connectivity index is 2.03. The van der Waals surface area contributed by atoms with Gasteiger partial charge in [0.2, 0.25) is 0 Å². The number of aryl methyl sites for hydroxylation is 1. The molecule has 20 heavy (non-hydrogen) atoms. The summed E-state index contributed by atoms with van der Waals surface area (Å²) in [5, 5.41) is 3.94. The molecule has 0 bridgehead atoms. The third-order valence-electron chi connectivity index (χ3n) is 2.81. The Labute approximate surface area is 118 Å². The number of nitrogens with one attached hydrogen (secondary N) is 1. The number of methoxy groups -OCH3 is 1. The maximum Gasteiger partial charge on any atom is 0.275 e. The van der Waals surface area contributed by atoms with Crippen LogP contribution in [0.15, 0.2) is 53.6 Å². The molecule has 0 aliphatic heterocycles. The Morgan fingerprint density at radius 2 is 1.85 bits per heavy atom. The minimum absolute atomic E-state index is 0.300. The van der Waals surface area contributed by atoms with Gasteiger partial charge in [0.25, 0.3) is 5.91 Å². The lowest BCUT2D eigenvalue weighted by atomic mass is 10.2. The van der Waals surface area contributed by atoms with Crippen LogP contribution in [-0.4, -0.2) is 19.2 Å². The zero-order valence-electron chi connectivity index (χ0n) is 11.5. The molecular weight excluding hydrogens is 252 g/mol. The first-order valence-electron chi connectivity index (χ1n) is 6.24. The summed E-state index contributed by atoms with van der Waals surface area (Å²) < 4.78 is 5.13. The molecule has 0 unspecified atom stereocenters. The quantitative estimate of drug-likeness (QED) is 0.684. The Morgan fingerprint density at radius 1 is 1.15 bits per heavy atom. The van der Waals surface area contributed by atoms with Crippen molar-refractivity contribution in [1.82, 2.24) is 5.43 Å². The summed E-state index contributed by atoms with van der Waals surface area (Å²) in [7, 11) is 1.53. The first-order chi connectivity index (χ1) is 9.70. The standard InChI is InChI=1S/C16H16N2O2/c1-12-7-9-13(10-8-12)11-17-18-16(19)14-5-3-4-6-15(14)20-2/h3-11H,1-2H3,(H,18,19). The SMILES string of the molecule is COc1ccccc1C(=O)NN=Cc1ccc(C)cc1. The van der Waals surface area contributed by atoms with E-state index in [0.29, 0.717) is 11.3 Å². The first kappa shape index (κ1) is 13.8. The van der Waals surface area contributed by atoms with E-state index in [4.69, 9.17) is 4.74 Å². The van der Waals surface area contributed by atoms with Gasteiger partial charge in [-0.3, -0.25) is 4.79 Å². The molecule has 2 aromatic rings. The summed E-state index contributed by atoms with van der Waals surface area (Å²) in [6.45, 7) is 2.02. The predicted octanol–water partition coefficient (Wildman–Crippen LogP) is 2.77. The number of rotatable bonds is 4. The lowest BCUT2D eigenvalue weighted by Gasteiger charge is -2.05. The molecule has 1 N–H and O–H groups in total. The van der Waals surface area contributed by atoms with Gasteiger partial charge in [-0.05, 0) is 24.6 Å². The number of carbonyl (C=O) groups is 1. The van der Waals surface area contributed by atoms with E-state index in [1.54, 1.807) is 24.4 Å². The molecule has 0 radical (unpaired) electrons. The summed E-state index contributed by atoms with van der Waals surface area (Å²) in [4.78, 5) is 12.0. The lowest BCUT2D eigenvalue weighted by molar-refractivity contribution is 0.0952. The van der Waals surface area contributed by atoms with Crippen molar-refractivity contribution in [3.63, 3.8) is 0 Å². The van der Waals surface area contributed by atoms with Gasteiger partial charge in [-0.1, -0.05) is 42.0 Å². The molecule has 0 fully saturated rings. The third-order valence-corrected chi connectivity index (χ3v) is 2.81. The molecular formula is C16H16N2O2. The fourth-order valence-corrected chi connectivity index (χ4v) is 1.71. The van der Waals surface area contributed by atoms with Gasteiger partial charge in [-0.15, -0.1) is 0 Å². The Bertz CT molecular complexity index is 619. The van der Waals surface area contributed by atoms with Crippen LogP contribution < -0.4 is 10.2 Å². The second-order valence-electron chi connectivity index (χ2n) is 4.31. The molecule has 0 spiro atoms. The van der Waals surface area contributed by atoms with Crippen LogP contribution in [0.1, 0.15) is 21.5 Å². The Kier molecular flexibility index (Phi) is 4.50. The average molecular weight is 268 g/mol. The van der Waals surface area contributed by atoms with Crippen LogP contribution in [0, 0.1) is 6.92 Å². The van der Waals surface area contributed by atoms with Crippen molar-refractivity contribution in [2.45, 2.75) is 6.92 Å². The maximum absolute atomic E-state index is 12.0. The molecule has 4 heteroatoms. The summed E-state index contributed by atoms with van der Waals surface area (Å²) in [6, 6.07) is 14.9. The molecule has 102 valence electrons. The number of amides is 1. The van der Waals surface area contributed by atoms with E-state index >= 15 is 0 Å². The summed E-state index contributed by atoms with van der Waals surface area (Å²) in [5.74, 6) is 0.223. The molecule has 2 aromatic carbocycles. The van der Waals surface area contributed by atoms with Crippen LogP contribution in [0.5, 0.6) is 5.75 Å². The second kappa shape index (κ2) is 6.52. The van der Waals surface area contributed by atoms with E-state index in [1.165, 1.54) is 12.7 Å². The predicted molar refractivity (Wildman–Crippen MR) is 79.2 cm³/mol. The number of hydrazone groups is 1. The fourth-order valence-electron chi connectivity index (χ4n) is 1.71. The Morgan fingerprint density at radius 3 is 2.55 bits per heavy atom. The molecule has 0 atom stereocenters. The van der Waals surface area contributed by atoms with E-state index < -0.39 is 0 Å². The zero-order valence-corrected chi connectivity index (χ0v) is 11.5. The number of hydrogen-bond donors (Lipinski definition) is 1. The average Bonchev–Trinajstić information content (AvgIpc) is 2.49. The summed E-state index contributed by atoms with van der Waals surface area (Å²) in [5.41, 5.74) is 5.05. The van der Waals surface area contributed by atoms with Crippen LogP contribution in [0.4, 0.5) is 0 Å². The smallest absolute Gasteiger partial charge is 0.275 e. The van der Waals surface area contributed by atoms with Gasteiger partial charge >= 0.3 is 0 Å². The van der Waals surface area contributed by atoms with Crippen LogP contribution in [0.3, 0.4) is 0 Å². The lowest BCUT2D eigenvalue weighted by Crippen LogP contribution is -2.18. The van der Waals surface area contributed by atoms with E-state index in [-0.39, 0.29) is 5.91 Å². The second-order valence-corrected chi connectivity index (χ2v) is 4.31. The largest absolute Gasteiger partial charge is 0.496 e. The van der Waals surface area contributed by atoms with Crippen molar-refractivity contribution < 1.29 is 9.53 Å². The van der Waals surface area contributed by atoms with Gasteiger partial charge in [0.1, 0.15) is 5.75 Å². The molecule has 0 saturated carbocycles. The van der Waals surface area contributed by atoms with Crippen LogP contribution in [-0.2, 0) is 0 Å². The molecule has 0 aromatic heterocycles. The van der Waals surface area contributed by atoms with Crippen LogP contribution in [0.2, 0.25) is 0 Å². The topological polar surface area (TPSA) is 50.7 Å². The van der Waals surface area contributed by atoms with Crippen LogP contribution in [0.25, 0.3) is 0 Å². The Hall–Kier alpha value is -2.62. The van der Waals surface area contributed by atoms with Crippen molar-refractivity contribution >= 4 is 12.1 Å². The summed E-state index contributed by atoms with van der Waals surface area (Å²) >= 11 is 0. The molecule has 2 rings (SSSR count). The van der Waals surface area contributed by atoms with E-state index in [1.807, 2.05) is 37.3 Å². The summed E-state index contributed by atoms with van der Waals surface area (Å²) in [6.07, 6.45) is 1.60. The van der Waals surface area contributed by atoms with Gasteiger partial charge in [0, 0.05) is 0 Å². The molecule has 0 heterocycles. The van der Waals surface area contributed by atoms with E-state index in [9.17, 15) is 4.79 Å². The van der Waals surface area contributed by atoms with Crippen molar-refractivity contribution in [1.29, 1.82) is 0 Å². The number of carbonyl (C=O) groups excluding carboxylic acids is 1.